The SMILES string of the molecule is COc1ccc(N2CCN(C(=O)CSc3nc4ccsc4c(=O)n3C)CC2)cc1. The van der Waals surface area contributed by atoms with Crippen LogP contribution in [0.15, 0.2) is 45.7 Å². The number of methoxy groups -OCH3 is 1. The van der Waals surface area contributed by atoms with Crippen LogP contribution in [0.3, 0.4) is 0 Å². The summed E-state index contributed by atoms with van der Waals surface area (Å²) < 4.78 is 7.38. The number of thiophene rings is 1. The molecule has 29 heavy (non-hydrogen) atoms. The van der Waals surface area contributed by atoms with E-state index in [0.29, 0.717) is 28.5 Å². The lowest BCUT2D eigenvalue weighted by Crippen LogP contribution is -2.49. The maximum absolute atomic E-state index is 12.7. The van der Waals surface area contributed by atoms with Gasteiger partial charge in [-0.3, -0.25) is 14.2 Å². The normalized spacial score (nSPS) is 14.4. The molecule has 1 aliphatic rings. The summed E-state index contributed by atoms with van der Waals surface area (Å²) in [5.74, 6) is 1.19. The number of benzene rings is 1. The summed E-state index contributed by atoms with van der Waals surface area (Å²) in [6.45, 7) is 2.95. The van der Waals surface area contributed by atoms with E-state index in [1.807, 2.05) is 40.6 Å². The molecule has 152 valence electrons. The number of fused-ring (bicyclic) bond motifs is 1. The molecular weight excluding hydrogens is 408 g/mol. The molecule has 1 aromatic carbocycles. The van der Waals surface area contributed by atoms with Crippen molar-refractivity contribution in [2.45, 2.75) is 5.16 Å². The van der Waals surface area contributed by atoms with E-state index in [0.717, 1.165) is 24.5 Å². The summed E-state index contributed by atoms with van der Waals surface area (Å²) in [5.41, 5.74) is 1.77. The third-order valence-electron chi connectivity index (χ3n) is 5.04. The Labute approximate surface area is 176 Å². The molecule has 4 rings (SSSR count). The van der Waals surface area contributed by atoms with Gasteiger partial charge in [-0.25, -0.2) is 4.98 Å². The van der Waals surface area contributed by atoms with Gasteiger partial charge in [0.25, 0.3) is 5.56 Å². The smallest absolute Gasteiger partial charge is 0.271 e. The first-order valence-corrected chi connectivity index (χ1v) is 11.2. The van der Waals surface area contributed by atoms with Crippen molar-refractivity contribution in [3.8, 4) is 5.75 Å². The Balaban J connectivity index is 1.34. The molecule has 2 aromatic heterocycles. The number of ether oxygens (including phenoxy) is 1. The molecule has 0 atom stereocenters. The number of anilines is 1. The van der Waals surface area contributed by atoms with Crippen molar-refractivity contribution in [2.24, 2.45) is 7.05 Å². The van der Waals surface area contributed by atoms with Gasteiger partial charge in [-0.15, -0.1) is 11.3 Å². The zero-order chi connectivity index (χ0) is 20.4. The predicted octanol–water partition coefficient (Wildman–Crippen LogP) is 2.44. The summed E-state index contributed by atoms with van der Waals surface area (Å²) in [4.78, 5) is 33.7. The number of nitrogens with zero attached hydrogens (tertiary/aromatic N) is 4. The fourth-order valence-corrected chi connectivity index (χ4v) is 5.00. The van der Waals surface area contributed by atoms with Gasteiger partial charge in [0.1, 0.15) is 10.4 Å². The first-order valence-electron chi connectivity index (χ1n) is 9.30. The van der Waals surface area contributed by atoms with Crippen molar-refractivity contribution in [1.82, 2.24) is 14.5 Å². The third kappa shape index (κ3) is 4.11. The van der Waals surface area contributed by atoms with Crippen LogP contribution in [0.1, 0.15) is 0 Å². The van der Waals surface area contributed by atoms with Gasteiger partial charge in [-0.05, 0) is 35.7 Å². The summed E-state index contributed by atoms with van der Waals surface area (Å²) in [6, 6.07) is 9.82. The van der Waals surface area contributed by atoms with Gasteiger partial charge in [0.05, 0.1) is 18.4 Å². The lowest BCUT2D eigenvalue weighted by atomic mass is 10.2. The van der Waals surface area contributed by atoms with Gasteiger partial charge >= 0.3 is 0 Å². The quantitative estimate of drug-likeness (QED) is 0.458. The van der Waals surface area contributed by atoms with Crippen molar-refractivity contribution in [2.75, 3.05) is 43.9 Å². The van der Waals surface area contributed by atoms with E-state index in [1.54, 1.807) is 14.2 Å². The largest absolute Gasteiger partial charge is 0.497 e. The third-order valence-corrected chi connectivity index (χ3v) is 6.95. The van der Waals surface area contributed by atoms with Crippen LogP contribution in [0.5, 0.6) is 5.75 Å². The Morgan fingerprint density at radius 2 is 1.90 bits per heavy atom. The van der Waals surface area contributed by atoms with E-state index in [2.05, 4.69) is 9.88 Å². The number of carbonyl (C=O) groups is 1. The topological polar surface area (TPSA) is 67.7 Å². The average molecular weight is 431 g/mol. The van der Waals surface area contributed by atoms with Crippen LogP contribution in [0.4, 0.5) is 5.69 Å². The van der Waals surface area contributed by atoms with Gasteiger partial charge in [0.2, 0.25) is 5.91 Å². The number of hydrogen-bond acceptors (Lipinski definition) is 7. The first kappa shape index (κ1) is 19.8. The summed E-state index contributed by atoms with van der Waals surface area (Å²) in [6.07, 6.45) is 0. The van der Waals surface area contributed by atoms with Crippen LogP contribution in [-0.2, 0) is 11.8 Å². The number of carbonyl (C=O) groups excluding carboxylic acids is 1. The van der Waals surface area contributed by atoms with Crippen LogP contribution >= 0.6 is 23.1 Å². The minimum absolute atomic E-state index is 0.0620. The highest BCUT2D eigenvalue weighted by Crippen LogP contribution is 2.22. The first-order chi connectivity index (χ1) is 14.1. The molecule has 0 bridgehead atoms. The Kier molecular flexibility index (Phi) is 5.77. The second-order valence-electron chi connectivity index (χ2n) is 6.75. The number of thioether (sulfide) groups is 1. The second kappa shape index (κ2) is 8.46. The molecule has 7 nitrogen and oxygen atoms in total. The molecule has 1 amide bonds. The Hall–Kier alpha value is -2.52. The second-order valence-corrected chi connectivity index (χ2v) is 8.61. The van der Waals surface area contributed by atoms with Crippen molar-refractivity contribution in [1.29, 1.82) is 0 Å². The number of rotatable bonds is 5. The number of hydrogen-bond donors (Lipinski definition) is 0. The molecule has 3 aromatic rings. The summed E-state index contributed by atoms with van der Waals surface area (Å²) in [5, 5.41) is 2.44. The molecule has 3 heterocycles. The number of amides is 1. The minimum atomic E-state index is -0.0620. The number of aromatic nitrogens is 2. The molecule has 0 aliphatic carbocycles. The fraction of sp³-hybridized carbons (Fsp3) is 0.350. The van der Waals surface area contributed by atoms with Crippen LogP contribution in [0.25, 0.3) is 10.2 Å². The molecule has 0 saturated carbocycles. The lowest BCUT2D eigenvalue weighted by Gasteiger charge is -2.36. The summed E-state index contributed by atoms with van der Waals surface area (Å²) >= 11 is 2.71. The maximum atomic E-state index is 12.7. The molecular formula is C20H22N4O3S2. The van der Waals surface area contributed by atoms with Gasteiger partial charge in [0, 0.05) is 38.9 Å². The number of piperazine rings is 1. The highest BCUT2D eigenvalue weighted by molar-refractivity contribution is 7.99. The van der Waals surface area contributed by atoms with Crippen molar-refractivity contribution < 1.29 is 9.53 Å². The summed E-state index contributed by atoms with van der Waals surface area (Å²) in [7, 11) is 3.36. The van der Waals surface area contributed by atoms with E-state index in [-0.39, 0.29) is 17.2 Å². The molecule has 9 heteroatoms. The van der Waals surface area contributed by atoms with E-state index in [9.17, 15) is 9.59 Å². The molecule has 0 N–H and O–H groups in total. The van der Waals surface area contributed by atoms with Crippen LogP contribution in [0.2, 0.25) is 0 Å². The zero-order valence-electron chi connectivity index (χ0n) is 16.3. The zero-order valence-corrected chi connectivity index (χ0v) is 18.0. The van der Waals surface area contributed by atoms with Gasteiger partial charge < -0.3 is 14.5 Å². The van der Waals surface area contributed by atoms with E-state index < -0.39 is 0 Å². The Morgan fingerprint density at radius 1 is 1.17 bits per heavy atom. The molecule has 1 saturated heterocycles. The minimum Gasteiger partial charge on any atom is -0.497 e. The molecule has 0 radical (unpaired) electrons. The van der Waals surface area contributed by atoms with Crippen molar-refractivity contribution in [3.63, 3.8) is 0 Å². The molecule has 0 unspecified atom stereocenters. The molecule has 1 fully saturated rings. The van der Waals surface area contributed by atoms with Gasteiger partial charge in [0.15, 0.2) is 5.16 Å². The lowest BCUT2D eigenvalue weighted by molar-refractivity contribution is -0.128. The molecule has 0 spiro atoms. The maximum Gasteiger partial charge on any atom is 0.271 e. The van der Waals surface area contributed by atoms with E-state index in [1.165, 1.54) is 27.7 Å². The Bertz CT molecular complexity index is 1070. The van der Waals surface area contributed by atoms with Gasteiger partial charge in [-0.1, -0.05) is 11.8 Å². The van der Waals surface area contributed by atoms with Crippen molar-refractivity contribution >= 4 is 44.9 Å². The van der Waals surface area contributed by atoms with E-state index in [4.69, 9.17) is 4.74 Å². The highest BCUT2D eigenvalue weighted by Gasteiger charge is 2.22. The molecule has 1 aliphatic heterocycles. The standard InChI is InChI=1S/C20H22N4O3S2/c1-22-19(26)18-16(7-12-28-18)21-20(22)29-13-17(25)24-10-8-23(9-11-24)14-3-5-15(27-2)6-4-14/h3-7,12H,8-11,13H2,1-2H3. The monoisotopic (exact) mass is 430 g/mol. The van der Waals surface area contributed by atoms with Gasteiger partial charge in [-0.2, -0.15) is 0 Å². The Morgan fingerprint density at radius 3 is 2.59 bits per heavy atom. The van der Waals surface area contributed by atoms with Crippen LogP contribution < -0.4 is 15.2 Å². The van der Waals surface area contributed by atoms with Crippen LogP contribution in [-0.4, -0.2) is 59.4 Å². The highest BCUT2D eigenvalue weighted by atomic mass is 32.2. The van der Waals surface area contributed by atoms with Crippen molar-refractivity contribution in [3.05, 3.63) is 46.1 Å². The predicted molar refractivity (Wildman–Crippen MR) is 117 cm³/mol. The fourth-order valence-electron chi connectivity index (χ4n) is 3.32. The van der Waals surface area contributed by atoms with E-state index >= 15 is 0 Å². The van der Waals surface area contributed by atoms with Crippen LogP contribution in [0, 0.1) is 0 Å². The average Bonchev–Trinajstić information content (AvgIpc) is 3.24.